The summed E-state index contributed by atoms with van der Waals surface area (Å²) in [4.78, 5) is 5.42. The van der Waals surface area contributed by atoms with Crippen LogP contribution in [0.25, 0.3) is 11.1 Å². The van der Waals surface area contributed by atoms with Crippen LogP contribution in [0.15, 0.2) is 351 Å². The molecular weight excluding hydrogens is 1170 g/mol. The van der Waals surface area contributed by atoms with Gasteiger partial charge in [0.25, 0.3) is 0 Å². The van der Waals surface area contributed by atoms with E-state index in [2.05, 4.69) is 363 Å². The summed E-state index contributed by atoms with van der Waals surface area (Å²) < 4.78 is 0. The number of benzene rings is 12. The minimum absolute atomic E-state index is 0.102. The first kappa shape index (κ1) is 55.7. The fraction of sp³-hybridized carbons (Fsp3) is 0.0909. The van der Waals surface area contributed by atoms with Crippen LogP contribution < -0.4 is 61.7 Å². The van der Waals surface area contributed by atoms with Crippen LogP contribution in [0.3, 0.4) is 0 Å². The monoisotopic (exact) mass is 1240 g/mol. The average Bonchev–Trinajstić information content (AvgIpc) is 1.58. The van der Waals surface area contributed by atoms with E-state index in [0.717, 1.165) is 12.8 Å². The number of rotatable bonds is 12. The summed E-state index contributed by atoms with van der Waals surface area (Å²) in [6.45, 7) is 5.31. The van der Waals surface area contributed by atoms with Crippen molar-refractivity contribution in [3.05, 3.63) is 384 Å². The second-order valence-electron chi connectivity index (χ2n) is 26.8. The van der Waals surface area contributed by atoms with E-state index in [1.165, 1.54) is 120 Å². The van der Waals surface area contributed by atoms with Gasteiger partial charge < -0.3 is 9.80 Å². The first-order valence-corrected chi connectivity index (χ1v) is 40.3. The molecule has 5 heteroatoms. The second kappa shape index (κ2) is 22.0. The van der Waals surface area contributed by atoms with Gasteiger partial charge in [0.05, 0.1) is 12.1 Å². The number of anilines is 4. The Morgan fingerprint density at radius 3 is 0.914 bits per heavy atom. The molecule has 12 aromatic rings. The Bertz CT molecular complexity index is 4500. The van der Waals surface area contributed by atoms with Crippen molar-refractivity contribution in [1.82, 2.24) is 0 Å². The van der Waals surface area contributed by atoms with Crippen LogP contribution in [-0.2, 0) is 12.8 Å². The summed E-state index contributed by atoms with van der Waals surface area (Å²) in [5, 5.41) is 14.3. The molecule has 0 radical (unpaired) electrons. The summed E-state index contributed by atoms with van der Waals surface area (Å²) >= 11 is 0. The molecule has 0 saturated heterocycles. The number of para-hydroxylation sites is 2. The third-order valence-corrected chi connectivity index (χ3v) is 35.2. The van der Waals surface area contributed by atoms with Gasteiger partial charge in [0.2, 0.25) is 0 Å². The van der Waals surface area contributed by atoms with E-state index >= 15 is 0 Å². The highest BCUT2D eigenvalue weighted by Crippen LogP contribution is 2.57. The van der Waals surface area contributed by atoms with Crippen LogP contribution in [-0.4, -0.2) is 36.3 Å². The Balaban J connectivity index is 0.733. The summed E-state index contributed by atoms with van der Waals surface area (Å²) in [5.41, 5.74) is 19.8. The molecule has 0 bridgehead atoms. The van der Waals surface area contributed by atoms with Gasteiger partial charge >= 0.3 is 0 Å². The largest absolute Gasteiger partial charge is 0.333 e. The fourth-order valence-corrected chi connectivity index (χ4v) is 31.0. The first-order valence-electron chi connectivity index (χ1n) is 33.3. The predicted octanol–water partition coefficient (Wildman–Crippen LogP) is 13.6. The zero-order valence-corrected chi connectivity index (χ0v) is 55.4. The number of nitrogens with zero attached hydrogens (tertiary/aromatic N) is 2. The molecule has 0 aromatic heterocycles. The molecule has 18 rings (SSSR count). The van der Waals surface area contributed by atoms with Gasteiger partial charge in [-0.05, 0) is 146 Å². The standard InChI is InChI=1S/C88H70N2Si3/c1-91(2,83-47-27-45-73-79(83)57-61-49-53-75-77-59-71(51-55-81(77)89(87(75)85(61)73)63-29-11-3-12-30-63)92(65-33-15-5-16-34-65,66-35-17-6-18-36-66)67-37-19-7-20-38-67)84-48-28-46-74-80(84)58-62-50-54-76-78-60-72(52-56-82(78)90(88(76)86(62)74)64-31-13-4-14-32-64)93(68-39-21-8-22-40-68,69-41-23-9-24-42-69)70-43-25-10-26-44-70/h3-56,59-60,75-76,87-88H,57-58H2,1-2H3. The number of hydrogen-bond acceptors (Lipinski definition) is 2. The topological polar surface area (TPSA) is 6.48 Å². The van der Waals surface area contributed by atoms with Gasteiger partial charge in [-0.2, -0.15) is 0 Å². The molecule has 0 saturated carbocycles. The van der Waals surface area contributed by atoms with Gasteiger partial charge in [0.1, 0.15) is 8.07 Å². The van der Waals surface area contributed by atoms with Crippen molar-refractivity contribution in [3.63, 3.8) is 0 Å². The van der Waals surface area contributed by atoms with Crippen LogP contribution in [0.4, 0.5) is 22.7 Å². The molecule has 12 aromatic carbocycles. The molecule has 0 N–H and O–H groups in total. The highest BCUT2D eigenvalue weighted by molar-refractivity contribution is 7.20. The predicted molar refractivity (Wildman–Crippen MR) is 399 cm³/mol. The summed E-state index contributed by atoms with van der Waals surface area (Å²) in [5.74, 6) is 0.314. The third-order valence-electron chi connectivity index (χ3n) is 22.0. The van der Waals surface area contributed by atoms with E-state index in [1.54, 1.807) is 10.4 Å². The summed E-state index contributed by atoms with van der Waals surface area (Å²) in [7, 11) is -8.03. The van der Waals surface area contributed by atoms with Gasteiger partial charge in [-0.15, -0.1) is 0 Å². The molecule has 4 unspecified atom stereocenters. The highest BCUT2D eigenvalue weighted by atomic mass is 28.3. The second-order valence-corrected chi connectivity index (χ2v) is 38.8. The zero-order valence-electron chi connectivity index (χ0n) is 52.4. The quantitative estimate of drug-likeness (QED) is 0.0889. The molecule has 93 heavy (non-hydrogen) atoms. The van der Waals surface area contributed by atoms with Gasteiger partial charge in [0, 0.05) is 34.6 Å². The molecule has 6 aliphatic rings. The maximum Gasteiger partial charge on any atom is 0.179 e. The van der Waals surface area contributed by atoms with E-state index in [-0.39, 0.29) is 23.9 Å². The maximum atomic E-state index is 2.71. The minimum Gasteiger partial charge on any atom is -0.333 e. The Morgan fingerprint density at radius 2 is 0.602 bits per heavy atom. The van der Waals surface area contributed by atoms with Gasteiger partial charge in [0.15, 0.2) is 16.1 Å². The smallest absolute Gasteiger partial charge is 0.179 e. The number of allylic oxidation sites excluding steroid dienone is 4. The molecular formula is C88H70N2Si3. The highest BCUT2D eigenvalue weighted by Gasteiger charge is 2.51. The molecule has 4 aliphatic carbocycles. The van der Waals surface area contributed by atoms with Crippen molar-refractivity contribution in [2.75, 3.05) is 9.80 Å². The van der Waals surface area contributed by atoms with E-state index in [4.69, 9.17) is 0 Å². The zero-order chi connectivity index (χ0) is 61.8. The molecule has 444 valence electrons. The van der Waals surface area contributed by atoms with Crippen molar-refractivity contribution < 1.29 is 0 Å². The van der Waals surface area contributed by atoms with Crippen LogP contribution >= 0.6 is 0 Å². The number of fused-ring (bicyclic) bond motifs is 12. The van der Waals surface area contributed by atoms with Gasteiger partial charge in [-0.3, -0.25) is 0 Å². The fourth-order valence-electron chi connectivity index (χ4n) is 18.2. The molecule has 0 spiro atoms. The van der Waals surface area contributed by atoms with Crippen molar-refractivity contribution in [2.45, 2.75) is 49.9 Å². The summed E-state index contributed by atoms with van der Waals surface area (Å²) in [6, 6.07) is 121. The lowest BCUT2D eigenvalue weighted by molar-refractivity contribution is 0.758. The minimum atomic E-state index is -2.80. The van der Waals surface area contributed by atoms with E-state index in [9.17, 15) is 0 Å². The first-order chi connectivity index (χ1) is 45.9. The SMILES string of the molecule is C[Si](C)(c1cccc2c1CC1=C2C2C(C=C1)c1cc([Si](c3ccccc3)(c3ccccc3)c3ccccc3)ccc1N2c1ccccc1)c1cccc2c1CC1=C2C2C(C=C1)c1cc([Si](c3ccccc3)(c3ccccc3)c3ccccc3)ccc1N2c1ccccc1. The Kier molecular flexibility index (Phi) is 13.2. The lowest BCUT2D eigenvalue weighted by Crippen LogP contribution is -2.74. The molecule has 0 fully saturated rings. The van der Waals surface area contributed by atoms with E-state index in [0.29, 0.717) is 0 Å². The van der Waals surface area contributed by atoms with Crippen molar-refractivity contribution in [2.24, 2.45) is 0 Å². The Hall–Kier alpha value is -10.1. The molecule has 2 nitrogen and oxygen atoms in total. The van der Waals surface area contributed by atoms with Gasteiger partial charge in [-0.25, -0.2) is 0 Å². The van der Waals surface area contributed by atoms with Crippen LogP contribution in [0, 0.1) is 0 Å². The van der Waals surface area contributed by atoms with Crippen LogP contribution in [0.5, 0.6) is 0 Å². The van der Waals surface area contributed by atoms with Crippen LogP contribution in [0.1, 0.15) is 45.2 Å². The lowest BCUT2D eigenvalue weighted by atomic mass is 9.82. The van der Waals surface area contributed by atoms with Crippen molar-refractivity contribution >= 4 is 110 Å². The Morgan fingerprint density at radius 1 is 0.301 bits per heavy atom. The molecule has 0 amide bonds. The van der Waals surface area contributed by atoms with Crippen molar-refractivity contribution in [3.8, 4) is 0 Å². The Labute approximate surface area is 550 Å². The molecule has 2 aliphatic heterocycles. The molecule has 4 atom stereocenters. The van der Waals surface area contributed by atoms with Crippen LogP contribution in [0.2, 0.25) is 13.1 Å². The molecule has 2 heterocycles. The third kappa shape index (κ3) is 8.36. The summed E-state index contributed by atoms with van der Waals surface area (Å²) in [6.07, 6.45) is 12.1. The number of hydrogen-bond donors (Lipinski definition) is 0. The van der Waals surface area contributed by atoms with E-state index in [1.807, 2.05) is 0 Å². The maximum absolute atomic E-state index is 2.80. The van der Waals surface area contributed by atoms with Crippen molar-refractivity contribution in [1.29, 1.82) is 0 Å². The normalized spacial score (nSPS) is 18.1. The van der Waals surface area contributed by atoms with E-state index < -0.39 is 24.2 Å². The average molecular weight is 1240 g/mol. The van der Waals surface area contributed by atoms with Gasteiger partial charge in [-0.1, -0.05) is 327 Å². The lowest BCUT2D eigenvalue weighted by Gasteiger charge is -2.35.